The van der Waals surface area contributed by atoms with Crippen LogP contribution in [0.5, 0.6) is 0 Å². The highest BCUT2D eigenvalue weighted by atomic mass is 79.9. The summed E-state index contributed by atoms with van der Waals surface area (Å²) in [5, 5.41) is 3.27. The van der Waals surface area contributed by atoms with E-state index in [1.807, 2.05) is 42.5 Å². The highest BCUT2D eigenvalue weighted by Gasteiger charge is 2.30. The molecule has 4 aromatic rings. The molecule has 0 atom stereocenters. The van der Waals surface area contributed by atoms with Gasteiger partial charge in [0.2, 0.25) is 0 Å². The lowest BCUT2D eigenvalue weighted by molar-refractivity contribution is -0.121. The zero-order valence-electron chi connectivity index (χ0n) is 18.3. The van der Waals surface area contributed by atoms with E-state index in [9.17, 15) is 4.79 Å². The number of aromatic nitrogens is 1. The maximum absolute atomic E-state index is 13.0. The quantitative estimate of drug-likeness (QED) is 0.218. The molecule has 0 saturated carbocycles. The number of hydrogen-bond acceptors (Lipinski definition) is 3. The van der Waals surface area contributed by atoms with Crippen LogP contribution in [-0.2, 0) is 11.3 Å². The highest BCUT2D eigenvalue weighted by Crippen LogP contribution is 2.36. The maximum Gasteiger partial charge on any atom is 0.266 e. The van der Waals surface area contributed by atoms with Crippen LogP contribution < -0.4 is 0 Å². The summed E-state index contributed by atoms with van der Waals surface area (Å²) in [4.78, 5) is 19.8. The Kier molecular flexibility index (Phi) is 7.02. The molecule has 1 aromatic heterocycles. The van der Waals surface area contributed by atoms with Gasteiger partial charge < -0.3 is 4.57 Å². The van der Waals surface area contributed by atoms with E-state index in [4.69, 9.17) is 34.8 Å². The first-order chi connectivity index (χ1) is 16.8. The van der Waals surface area contributed by atoms with E-state index < -0.39 is 0 Å². The predicted octanol–water partition coefficient (Wildman–Crippen LogP) is 8.65. The van der Waals surface area contributed by atoms with Crippen LogP contribution in [0.4, 0.5) is 5.69 Å². The topological polar surface area (TPSA) is 37.6 Å². The molecule has 1 fully saturated rings. The first-order valence-electron chi connectivity index (χ1n) is 10.5. The summed E-state index contributed by atoms with van der Waals surface area (Å²) < 4.78 is 2.94. The molecule has 2 heterocycles. The Morgan fingerprint density at radius 1 is 1.00 bits per heavy atom. The number of para-hydroxylation sites is 1. The summed E-state index contributed by atoms with van der Waals surface area (Å²) in [5.41, 5.74) is 3.73. The molecule has 176 valence electrons. The lowest BCUT2D eigenvalue weighted by Crippen LogP contribution is -2.23. The van der Waals surface area contributed by atoms with Gasteiger partial charge in [0.15, 0.2) is 5.17 Å². The second kappa shape index (κ2) is 10.0. The fourth-order valence-corrected chi connectivity index (χ4v) is 5.53. The Labute approximate surface area is 230 Å². The number of benzene rings is 3. The van der Waals surface area contributed by atoms with Crippen LogP contribution in [0.15, 0.2) is 81.2 Å². The SMILES string of the molecule is CN1C(=O)/C(=C\c2cn(Cc3ccc(Cl)c(Cl)c3)c3ccccc23)SC1=Nc1ccc(Br)c(Cl)c1. The molecule has 4 nitrogen and oxygen atoms in total. The number of amidine groups is 1. The average Bonchev–Trinajstić information content (AvgIpc) is 3.31. The lowest BCUT2D eigenvalue weighted by Gasteiger charge is -2.07. The van der Waals surface area contributed by atoms with E-state index in [-0.39, 0.29) is 5.91 Å². The minimum atomic E-state index is -0.0988. The lowest BCUT2D eigenvalue weighted by atomic mass is 10.1. The number of aliphatic imine (C=N–C) groups is 1. The second-order valence-corrected chi connectivity index (χ2v) is 11.0. The third kappa shape index (κ3) is 5.04. The number of amides is 1. The predicted molar refractivity (Wildman–Crippen MR) is 152 cm³/mol. The highest BCUT2D eigenvalue weighted by molar-refractivity contribution is 9.10. The van der Waals surface area contributed by atoms with Crippen LogP contribution in [-0.4, -0.2) is 27.6 Å². The zero-order valence-corrected chi connectivity index (χ0v) is 23.0. The molecule has 0 aliphatic carbocycles. The number of halogens is 4. The molecule has 1 aliphatic heterocycles. The standard InChI is InChI=1S/C26H17BrCl3N3OS/c1-32-25(34)24(35-26(32)31-17-7-8-19(27)21(29)12-17)11-16-14-33(23-5-3-2-4-18(16)23)13-15-6-9-20(28)22(30)10-15/h2-12,14H,13H2,1H3/b24-11+,31-26?. The van der Waals surface area contributed by atoms with Crippen molar-refractivity contribution < 1.29 is 4.79 Å². The van der Waals surface area contributed by atoms with Crippen LogP contribution >= 0.6 is 62.5 Å². The molecule has 1 saturated heterocycles. The molecule has 0 bridgehead atoms. The number of rotatable bonds is 4. The number of likely N-dealkylation sites (N-methyl/N-ethyl adjacent to an activating group) is 1. The van der Waals surface area contributed by atoms with Crippen molar-refractivity contribution in [3.63, 3.8) is 0 Å². The maximum atomic E-state index is 13.0. The number of carbonyl (C=O) groups excluding carboxylic acids is 1. The van der Waals surface area contributed by atoms with E-state index in [1.165, 1.54) is 11.8 Å². The van der Waals surface area contributed by atoms with Crippen LogP contribution in [0.25, 0.3) is 17.0 Å². The Morgan fingerprint density at radius 2 is 1.80 bits per heavy atom. The molecule has 0 N–H and O–H groups in total. The van der Waals surface area contributed by atoms with Crippen LogP contribution in [0.2, 0.25) is 15.1 Å². The molecule has 0 spiro atoms. The molecule has 5 rings (SSSR count). The second-order valence-electron chi connectivity index (χ2n) is 7.95. The van der Waals surface area contributed by atoms with Crippen LogP contribution in [0.1, 0.15) is 11.1 Å². The van der Waals surface area contributed by atoms with Crippen molar-refractivity contribution in [2.45, 2.75) is 6.54 Å². The summed E-state index contributed by atoms with van der Waals surface area (Å²) in [7, 11) is 1.73. The summed E-state index contributed by atoms with van der Waals surface area (Å²) in [6.45, 7) is 0.624. The average molecular weight is 606 g/mol. The summed E-state index contributed by atoms with van der Waals surface area (Å²) in [6, 6.07) is 19.2. The van der Waals surface area contributed by atoms with Gasteiger partial charge in [0.1, 0.15) is 0 Å². The van der Waals surface area contributed by atoms with E-state index >= 15 is 0 Å². The van der Waals surface area contributed by atoms with Gasteiger partial charge in [-0.05, 0) is 75.7 Å². The van der Waals surface area contributed by atoms with Crippen molar-refractivity contribution in [3.8, 4) is 0 Å². The van der Waals surface area contributed by atoms with Gasteiger partial charge in [-0.2, -0.15) is 0 Å². The summed E-state index contributed by atoms with van der Waals surface area (Å²) in [5.74, 6) is -0.0988. The molecule has 35 heavy (non-hydrogen) atoms. The van der Waals surface area contributed by atoms with E-state index in [0.717, 1.165) is 26.5 Å². The molecular formula is C26H17BrCl3N3OS. The minimum absolute atomic E-state index is 0.0988. The molecule has 0 radical (unpaired) electrons. The van der Waals surface area contributed by atoms with Crippen LogP contribution in [0.3, 0.4) is 0 Å². The molecular weight excluding hydrogens is 589 g/mol. The van der Waals surface area contributed by atoms with E-state index in [0.29, 0.717) is 37.4 Å². The fourth-order valence-electron chi connectivity index (χ4n) is 3.81. The van der Waals surface area contributed by atoms with Gasteiger partial charge in [-0.3, -0.25) is 9.69 Å². The Hall–Kier alpha value is -2.22. The van der Waals surface area contributed by atoms with Crippen molar-refractivity contribution in [3.05, 3.63) is 102 Å². The molecule has 0 unspecified atom stereocenters. The van der Waals surface area contributed by atoms with Gasteiger partial charge in [-0.1, -0.05) is 59.1 Å². The number of nitrogens with zero attached hydrogens (tertiary/aromatic N) is 3. The van der Waals surface area contributed by atoms with Gasteiger partial charge in [0.05, 0.1) is 25.7 Å². The van der Waals surface area contributed by atoms with Crippen LogP contribution in [0, 0.1) is 0 Å². The monoisotopic (exact) mass is 603 g/mol. The van der Waals surface area contributed by atoms with Gasteiger partial charge >= 0.3 is 0 Å². The van der Waals surface area contributed by atoms with Crippen molar-refractivity contribution in [2.75, 3.05) is 7.05 Å². The number of thioether (sulfide) groups is 1. The summed E-state index contributed by atoms with van der Waals surface area (Å²) >= 11 is 23.2. The number of fused-ring (bicyclic) bond motifs is 1. The van der Waals surface area contributed by atoms with Gasteiger partial charge in [-0.25, -0.2) is 4.99 Å². The zero-order chi connectivity index (χ0) is 24.7. The van der Waals surface area contributed by atoms with Gasteiger partial charge in [0, 0.05) is 40.7 Å². The largest absolute Gasteiger partial charge is 0.342 e. The van der Waals surface area contributed by atoms with E-state index in [1.54, 1.807) is 24.1 Å². The van der Waals surface area contributed by atoms with Crippen molar-refractivity contribution in [1.29, 1.82) is 0 Å². The Balaban J connectivity index is 1.49. The first-order valence-corrected chi connectivity index (χ1v) is 13.3. The number of carbonyl (C=O) groups is 1. The summed E-state index contributed by atoms with van der Waals surface area (Å²) in [6.07, 6.45) is 3.98. The molecule has 9 heteroatoms. The molecule has 1 aliphatic rings. The minimum Gasteiger partial charge on any atom is -0.342 e. The van der Waals surface area contributed by atoms with Gasteiger partial charge in [0.25, 0.3) is 5.91 Å². The first kappa shape index (κ1) is 24.5. The smallest absolute Gasteiger partial charge is 0.266 e. The molecule has 3 aromatic carbocycles. The third-order valence-electron chi connectivity index (χ3n) is 5.57. The van der Waals surface area contributed by atoms with Crippen molar-refractivity contribution >= 4 is 96.2 Å². The van der Waals surface area contributed by atoms with Crippen molar-refractivity contribution in [2.24, 2.45) is 4.99 Å². The van der Waals surface area contributed by atoms with Gasteiger partial charge in [-0.15, -0.1) is 0 Å². The Bertz CT molecular complexity index is 1550. The fraction of sp³-hybridized carbons (Fsp3) is 0.0769. The van der Waals surface area contributed by atoms with E-state index in [2.05, 4.69) is 43.8 Å². The third-order valence-corrected chi connectivity index (χ3v) is 8.61. The molecule has 1 amide bonds. The number of hydrogen-bond donors (Lipinski definition) is 0. The Morgan fingerprint density at radius 3 is 2.57 bits per heavy atom. The normalized spacial score (nSPS) is 16.3. The van der Waals surface area contributed by atoms with Crippen molar-refractivity contribution in [1.82, 2.24) is 9.47 Å².